The molecule has 1 saturated carbocycles. The van der Waals surface area contributed by atoms with Crippen LogP contribution in [0.15, 0.2) is 0 Å². The van der Waals surface area contributed by atoms with Crippen LogP contribution in [0.2, 0.25) is 0 Å². The van der Waals surface area contributed by atoms with E-state index in [1.54, 1.807) is 0 Å². The summed E-state index contributed by atoms with van der Waals surface area (Å²) in [5, 5.41) is 0. The maximum Gasteiger partial charge on any atom is 0.0331 e. The minimum absolute atomic E-state index is 0.376. The van der Waals surface area contributed by atoms with Crippen molar-refractivity contribution in [2.24, 2.45) is 11.7 Å². The second-order valence-electron chi connectivity index (χ2n) is 6.18. The van der Waals surface area contributed by atoms with Gasteiger partial charge in [0.05, 0.1) is 0 Å². The third-order valence-electron chi connectivity index (χ3n) is 5.26. The number of nitrogens with zero attached hydrogens (tertiary/aromatic N) is 1. The fourth-order valence-electron chi connectivity index (χ4n) is 3.91. The topological polar surface area (TPSA) is 29.3 Å². The zero-order chi connectivity index (χ0) is 12.1. The first-order valence-electron chi connectivity index (χ1n) is 7.76. The molecule has 0 aromatic heterocycles. The molecule has 2 aliphatic rings. The Morgan fingerprint density at radius 3 is 2.47 bits per heavy atom. The van der Waals surface area contributed by atoms with E-state index in [0.29, 0.717) is 5.54 Å². The van der Waals surface area contributed by atoms with E-state index in [1.807, 2.05) is 0 Å². The summed E-state index contributed by atoms with van der Waals surface area (Å²) in [6, 6.07) is 0. The first-order chi connectivity index (χ1) is 8.30. The van der Waals surface area contributed by atoms with E-state index in [2.05, 4.69) is 11.8 Å². The highest BCUT2D eigenvalue weighted by Gasteiger charge is 2.37. The van der Waals surface area contributed by atoms with E-state index in [-0.39, 0.29) is 0 Å². The van der Waals surface area contributed by atoms with Gasteiger partial charge in [-0.3, -0.25) is 4.90 Å². The Kier molecular flexibility index (Phi) is 4.87. The molecular weight excluding hydrogens is 208 g/mol. The van der Waals surface area contributed by atoms with Crippen LogP contribution in [0, 0.1) is 5.92 Å². The summed E-state index contributed by atoms with van der Waals surface area (Å²) >= 11 is 0. The lowest BCUT2D eigenvalue weighted by molar-refractivity contribution is 0.0592. The van der Waals surface area contributed by atoms with E-state index >= 15 is 0 Å². The SMILES string of the molecule is CCC1CCCN(C2(CN)CCCCC2)CC1. The molecule has 2 N–H and O–H groups in total. The summed E-state index contributed by atoms with van der Waals surface area (Å²) in [6.07, 6.45) is 12.5. The van der Waals surface area contributed by atoms with Crippen LogP contribution < -0.4 is 5.73 Å². The van der Waals surface area contributed by atoms with Crippen LogP contribution in [0.1, 0.15) is 64.7 Å². The van der Waals surface area contributed by atoms with Crippen molar-refractivity contribution in [3.05, 3.63) is 0 Å². The van der Waals surface area contributed by atoms with Crippen LogP contribution in [0.4, 0.5) is 0 Å². The summed E-state index contributed by atoms with van der Waals surface area (Å²) in [6.45, 7) is 5.83. The van der Waals surface area contributed by atoms with Gasteiger partial charge >= 0.3 is 0 Å². The lowest BCUT2D eigenvalue weighted by Gasteiger charge is -2.46. The van der Waals surface area contributed by atoms with Gasteiger partial charge in [-0.25, -0.2) is 0 Å². The van der Waals surface area contributed by atoms with Crippen molar-refractivity contribution in [3.63, 3.8) is 0 Å². The zero-order valence-corrected chi connectivity index (χ0v) is 11.6. The van der Waals surface area contributed by atoms with Gasteiger partial charge in [-0.05, 0) is 51.1 Å². The molecule has 0 aromatic carbocycles. The van der Waals surface area contributed by atoms with Gasteiger partial charge in [0, 0.05) is 12.1 Å². The molecule has 0 spiro atoms. The number of hydrogen-bond acceptors (Lipinski definition) is 2. The van der Waals surface area contributed by atoms with Crippen LogP contribution in [-0.4, -0.2) is 30.1 Å². The van der Waals surface area contributed by atoms with Crippen molar-refractivity contribution in [2.75, 3.05) is 19.6 Å². The van der Waals surface area contributed by atoms with Gasteiger partial charge in [-0.1, -0.05) is 32.6 Å². The molecule has 1 atom stereocenters. The smallest absolute Gasteiger partial charge is 0.0331 e. The fourth-order valence-corrected chi connectivity index (χ4v) is 3.91. The highest BCUT2D eigenvalue weighted by Crippen LogP contribution is 2.35. The molecular formula is C15H30N2. The second-order valence-corrected chi connectivity index (χ2v) is 6.18. The molecule has 0 radical (unpaired) electrons. The Morgan fingerprint density at radius 2 is 1.82 bits per heavy atom. The van der Waals surface area contributed by atoms with E-state index < -0.39 is 0 Å². The van der Waals surface area contributed by atoms with Gasteiger partial charge in [0.15, 0.2) is 0 Å². The summed E-state index contributed by atoms with van der Waals surface area (Å²) in [5.41, 5.74) is 6.52. The quantitative estimate of drug-likeness (QED) is 0.818. The Bertz CT molecular complexity index is 221. The molecule has 1 aliphatic carbocycles. The normalized spacial score (nSPS) is 31.1. The minimum atomic E-state index is 0.376. The summed E-state index contributed by atoms with van der Waals surface area (Å²) in [4.78, 5) is 2.77. The molecule has 1 aliphatic heterocycles. The number of nitrogens with two attached hydrogens (primary N) is 1. The molecule has 0 aromatic rings. The Hall–Kier alpha value is -0.0800. The minimum Gasteiger partial charge on any atom is -0.329 e. The molecule has 1 saturated heterocycles. The Balaban J connectivity index is 1.98. The van der Waals surface area contributed by atoms with E-state index in [0.717, 1.165) is 12.5 Å². The lowest BCUT2D eigenvalue weighted by Crippen LogP contribution is -2.55. The van der Waals surface area contributed by atoms with Crippen LogP contribution in [0.5, 0.6) is 0 Å². The van der Waals surface area contributed by atoms with Crippen molar-refractivity contribution < 1.29 is 0 Å². The second kappa shape index (κ2) is 6.19. The van der Waals surface area contributed by atoms with Crippen molar-refractivity contribution in [1.82, 2.24) is 4.90 Å². The van der Waals surface area contributed by atoms with Crippen LogP contribution in [0.25, 0.3) is 0 Å². The largest absolute Gasteiger partial charge is 0.329 e. The highest BCUT2D eigenvalue weighted by atomic mass is 15.2. The van der Waals surface area contributed by atoms with Gasteiger partial charge in [0.25, 0.3) is 0 Å². The summed E-state index contributed by atoms with van der Waals surface area (Å²) in [5.74, 6) is 0.971. The average molecular weight is 238 g/mol. The number of rotatable bonds is 3. The fraction of sp³-hybridized carbons (Fsp3) is 1.00. The molecule has 100 valence electrons. The third kappa shape index (κ3) is 3.03. The standard InChI is InChI=1S/C15H30N2/c1-2-14-7-6-11-17(12-8-14)15(13-16)9-4-3-5-10-15/h14H,2-13,16H2,1H3. The first kappa shape index (κ1) is 13.4. The molecule has 0 bridgehead atoms. The van der Waals surface area contributed by atoms with Crippen molar-refractivity contribution >= 4 is 0 Å². The Morgan fingerprint density at radius 1 is 1.06 bits per heavy atom. The van der Waals surface area contributed by atoms with Crippen LogP contribution in [-0.2, 0) is 0 Å². The summed E-state index contributed by atoms with van der Waals surface area (Å²) in [7, 11) is 0. The molecule has 2 heteroatoms. The molecule has 17 heavy (non-hydrogen) atoms. The molecule has 2 fully saturated rings. The van der Waals surface area contributed by atoms with Crippen LogP contribution >= 0.6 is 0 Å². The molecule has 0 amide bonds. The monoisotopic (exact) mass is 238 g/mol. The van der Waals surface area contributed by atoms with Gasteiger partial charge in [0.1, 0.15) is 0 Å². The third-order valence-corrected chi connectivity index (χ3v) is 5.26. The van der Waals surface area contributed by atoms with Crippen molar-refractivity contribution in [3.8, 4) is 0 Å². The van der Waals surface area contributed by atoms with Gasteiger partial charge in [0.2, 0.25) is 0 Å². The predicted molar refractivity (Wildman–Crippen MR) is 74.1 cm³/mol. The average Bonchev–Trinajstić information content (AvgIpc) is 2.65. The number of hydrogen-bond donors (Lipinski definition) is 1. The molecule has 1 heterocycles. The summed E-state index contributed by atoms with van der Waals surface area (Å²) < 4.78 is 0. The van der Waals surface area contributed by atoms with E-state index in [4.69, 9.17) is 5.73 Å². The van der Waals surface area contributed by atoms with Gasteiger partial charge < -0.3 is 5.73 Å². The highest BCUT2D eigenvalue weighted by molar-refractivity contribution is 4.95. The van der Waals surface area contributed by atoms with Gasteiger partial charge in [-0.15, -0.1) is 0 Å². The lowest BCUT2D eigenvalue weighted by atomic mass is 9.80. The van der Waals surface area contributed by atoms with E-state index in [9.17, 15) is 0 Å². The molecule has 1 unspecified atom stereocenters. The van der Waals surface area contributed by atoms with Gasteiger partial charge in [-0.2, -0.15) is 0 Å². The zero-order valence-electron chi connectivity index (χ0n) is 11.6. The maximum atomic E-state index is 6.15. The first-order valence-corrected chi connectivity index (χ1v) is 7.76. The predicted octanol–water partition coefficient (Wildman–Crippen LogP) is 3.16. The number of likely N-dealkylation sites (tertiary alicyclic amines) is 1. The van der Waals surface area contributed by atoms with Crippen molar-refractivity contribution in [2.45, 2.75) is 70.3 Å². The molecule has 2 rings (SSSR count). The van der Waals surface area contributed by atoms with Crippen LogP contribution in [0.3, 0.4) is 0 Å². The maximum absolute atomic E-state index is 6.15. The molecule has 2 nitrogen and oxygen atoms in total. The van der Waals surface area contributed by atoms with E-state index in [1.165, 1.54) is 70.9 Å². The Labute approximate surface area is 107 Å². The van der Waals surface area contributed by atoms with Crippen molar-refractivity contribution in [1.29, 1.82) is 0 Å².